The second kappa shape index (κ2) is 16.2. The topological polar surface area (TPSA) is 36.7 Å². The number of unbranched alkanes of at least 4 members (excludes halogenated alkanes) is 9. The summed E-state index contributed by atoms with van der Waals surface area (Å²) >= 11 is 0. The predicted octanol–water partition coefficient (Wildman–Crippen LogP) is 10.9. The highest BCUT2D eigenvalue weighted by Gasteiger charge is 2.05. The van der Waals surface area contributed by atoms with E-state index in [1.807, 2.05) is 42.7 Å². The minimum atomic E-state index is 0.682. The van der Waals surface area contributed by atoms with Crippen molar-refractivity contribution in [1.82, 2.24) is 4.98 Å². The van der Waals surface area contributed by atoms with Crippen LogP contribution in [0.2, 0.25) is 0 Å². The van der Waals surface area contributed by atoms with Gasteiger partial charge in [0, 0.05) is 12.4 Å². The molecule has 2 nitrogen and oxygen atoms in total. The van der Waals surface area contributed by atoms with Gasteiger partial charge in [-0.25, -0.2) is 0 Å². The Morgan fingerprint density at radius 1 is 0.600 bits per heavy atom. The molecule has 4 aromatic rings. The second-order valence-electron chi connectivity index (χ2n) is 10.7. The van der Waals surface area contributed by atoms with Crippen LogP contribution in [0.15, 0.2) is 97.3 Å². The van der Waals surface area contributed by atoms with Crippen LogP contribution in [-0.2, 0) is 6.42 Å². The van der Waals surface area contributed by atoms with Crippen molar-refractivity contribution in [1.29, 1.82) is 5.26 Å². The first-order chi connectivity index (χ1) is 19.8. The van der Waals surface area contributed by atoms with Gasteiger partial charge in [0.25, 0.3) is 0 Å². The number of allylic oxidation sites excluding steroid dienone is 1. The molecular formula is C38H42N2. The van der Waals surface area contributed by atoms with Crippen molar-refractivity contribution in [3.05, 3.63) is 114 Å². The molecule has 1 heterocycles. The van der Waals surface area contributed by atoms with E-state index in [-0.39, 0.29) is 0 Å². The molecule has 0 bridgehead atoms. The lowest BCUT2D eigenvalue weighted by molar-refractivity contribution is 0.556. The molecule has 0 N–H and O–H groups in total. The Bertz CT molecular complexity index is 1340. The van der Waals surface area contributed by atoms with Crippen LogP contribution in [-0.4, -0.2) is 4.98 Å². The van der Waals surface area contributed by atoms with Crippen molar-refractivity contribution in [2.45, 2.75) is 77.6 Å². The normalized spacial score (nSPS) is 11.3. The maximum atomic E-state index is 9.86. The quantitative estimate of drug-likeness (QED) is 0.0877. The number of rotatable bonds is 15. The lowest BCUT2D eigenvalue weighted by atomic mass is 9.97. The average Bonchev–Trinajstić information content (AvgIpc) is 3.02. The first-order valence-corrected chi connectivity index (χ1v) is 15.1. The first-order valence-electron chi connectivity index (χ1n) is 15.1. The molecule has 0 spiro atoms. The van der Waals surface area contributed by atoms with Crippen molar-refractivity contribution in [3.63, 3.8) is 0 Å². The smallest absolute Gasteiger partial charge is 0.0998 e. The number of pyridine rings is 1. The minimum Gasteiger partial charge on any atom is -0.265 e. The summed E-state index contributed by atoms with van der Waals surface area (Å²) in [6, 6.07) is 32.0. The van der Waals surface area contributed by atoms with Crippen LogP contribution in [0, 0.1) is 11.3 Å². The van der Waals surface area contributed by atoms with Crippen LogP contribution < -0.4 is 0 Å². The zero-order valence-electron chi connectivity index (χ0n) is 24.0. The highest BCUT2D eigenvalue weighted by Crippen LogP contribution is 2.27. The van der Waals surface area contributed by atoms with Gasteiger partial charge in [-0.1, -0.05) is 138 Å². The number of aromatic nitrogens is 1. The van der Waals surface area contributed by atoms with Gasteiger partial charge in [-0.05, 0) is 70.0 Å². The van der Waals surface area contributed by atoms with Gasteiger partial charge in [-0.2, -0.15) is 5.26 Å². The van der Waals surface area contributed by atoms with E-state index in [4.69, 9.17) is 0 Å². The van der Waals surface area contributed by atoms with Gasteiger partial charge in [0.2, 0.25) is 0 Å². The molecule has 204 valence electrons. The van der Waals surface area contributed by atoms with E-state index in [0.717, 1.165) is 34.2 Å². The highest BCUT2D eigenvalue weighted by atomic mass is 14.6. The van der Waals surface area contributed by atoms with Crippen molar-refractivity contribution in [3.8, 4) is 28.3 Å². The molecule has 2 heteroatoms. The molecule has 4 rings (SSSR count). The second-order valence-corrected chi connectivity index (χ2v) is 10.7. The van der Waals surface area contributed by atoms with E-state index in [1.54, 1.807) is 0 Å². The van der Waals surface area contributed by atoms with Crippen LogP contribution >= 0.6 is 0 Å². The predicted molar refractivity (Wildman–Crippen MR) is 171 cm³/mol. The summed E-state index contributed by atoms with van der Waals surface area (Å²) in [6.45, 7) is 2.28. The lowest BCUT2D eigenvalue weighted by Crippen LogP contribution is -1.88. The van der Waals surface area contributed by atoms with Gasteiger partial charge >= 0.3 is 0 Å². The molecule has 0 atom stereocenters. The van der Waals surface area contributed by atoms with Crippen molar-refractivity contribution >= 4 is 11.6 Å². The third kappa shape index (κ3) is 9.06. The Balaban J connectivity index is 1.26. The standard InChI is InChI=1S/C38H42N2/c1-2-3-4-5-6-7-8-9-10-11-12-31-13-15-32(16-14-31)29-38(30-39)36-23-21-34(22-24-36)33-17-19-35(20-18-33)37-25-27-40-28-26-37/h13-29H,2-12H2,1H3/b38-29+. The molecule has 0 fully saturated rings. The lowest BCUT2D eigenvalue weighted by Gasteiger charge is -2.07. The van der Waals surface area contributed by atoms with Crippen LogP contribution in [0.4, 0.5) is 0 Å². The summed E-state index contributed by atoms with van der Waals surface area (Å²) in [4.78, 5) is 4.10. The van der Waals surface area contributed by atoms with Crippen LogP contribution in [0.3, 0.4) is 0 Å². The SMILES string of the molecule is CCCCCCCCCCCCc1ccc(/C=C(\C#N)c2ccc(-c3ccc(-c4ccncc4)cc3)cc2)cc1. The molecule has 0 aliphatic rings. The van der Waals surface area contributed by atoms with E-state index in [0.29, 0.717) is 5.57 Å². The molecule has 0 unspecified atom stereocenters. The van der Waals surface area contributed by atoms with Crippen molar-refractivity contribution < 1.29 is 0 Å². The third-order valence-electron chi connectivity index (χ3n) is 7.66. The molecule has 0 aliphatic carbocycles. The van der Waals surface area contributed by atoms with Gasteiger partial charge in [0.05, 0.1) is 11.6 Å². The summed E-state index contributed by atoms with van der Waals surface area (Å²) in [5.41, 5.74) is 8.70. The fraction of sp³-hybridized carbons (Fsp3) is 0.316. The largest absolute Gasteiger partial charge is 0.265 e. The van der Waals surface area contributed by atoms with E-state index < -0.39 is 0 Å². The van der Waals surface area contributed by atoms with E-state index in [9.17, 15) is 5.26 Å². The fourth-order valence-corrected chi connectivity index (χ4v) is 5.19. The van der Waals surface area contributed by atoms with Crippen molar-refractivity contribution in [2.75, 3.05) is 0 Å². The molecular weight excluding hydrogens is 484 g/mol. The first kappa shape index (κ1) is 29.0. The summed E-state index contributed by atoms with van der Waals surface area (Å²) in [5, 5.41) is 9.86. The summed E-state index contributed by atoms with van der Waals surface area (Å²) in [6.07, 6.45) is 20.4. The van der Waals surface area contributed by atoms with Gasteiger partial charge < -0.3 is 0 Å². The number of aryl methyl sites for hydroxylation is 1. The Kier molecular flexibility index (Phi) is 11.8. The van der Waals surface area contributed by atoms with Gasteiger partial charge in [-0.15, -0.1) is 0 Å². The number of nitrogens with zero attached hydrogens (tertiary/aromatic N) is 2. The molecule has 0 radical (unpaired) electrons. The van der Waals surface area contributed by atoms with E-state index in [2.05, 4.69) is 78.6 Å². The highest BCUT2D eigenvalue weighted by molar-refractivity contribution is 5.90. The molecule has 1 aromatic heterocycles. The van der Waals surface area contributed by atoms with Crippen LogP contribution in [0.1, 0.15) is 87.8 Å². The minimum absolute atomic E-state index is 0.682. The van der Waals surface area contributed by atoms with E-state index in [1.165, 1.54) is 75.3 Å². The van der Waals surface area contributed by atoms with Gasteiger partial charge in [-0.3, -0.25) is 4.98 Å². The van der Waals surface area contributed by atoms with Crippen LogP contribution in [0.5, 0.6) is 0 Å². The van der Waals surface area contributed by atoms with Crippen molar-refractivity contribution in [2.24, 2.45) is 0 Å². The van der Waals surface area contributed by atoms with Gasteiger partial charge in [0.15, 0.2) is 0 Å². The number of benzene rings is 3. The number of hydrogen-bond donors (Lipinski definition) is 0. The van der Waals surface area contributed by atoms with E-state index >= 15 is 0 Å². The summed E-state index contributed by atoms with van der Waals surface area (Å²) in [7, 11) is 0. The maximum absolute atomic E-state index is 9.86. The van der Waals surface area contributed by atoms with Crippen LogP contribution in [0.25, 0.3) is 33.9 Å². The molecule has 0 saturated carbocycles. The molecule has 3 aromatic carbocycles. The summed E-state index contributed by atoms with van der Waals surface area (Å²) < 4.78 is 0. The average molecular weight is 527 g/mol. The molecule has 0 amide bonds. The Labute approximate surface area is 241 Å². The Morgan fingerprint density at radius 2 is 1.07 bits per heavy atom. The molecule has 40 heavy (non-hydrogen) atoms. The zero-order valence-corrected chi connectivity index (χ0v) is 24.0. The fourth-order valence-electron chi connectivity index (χ4n) is 5.19. The van der Waals surface area contributed by atoms with Gasteiger partial charge in [0.1, 0.15) is 0 Å². The third-order valence-corrected chi connectivity index (χ3v) is 7.66. The number of nitriles is 1. The molecule has 0 aliphatic heterocycles. The number of hydrogen-bond acceptors (Lipinski definition) is 2. The summed E-state index contributed by atoms with van der Waals surface area (Å²) in [5.74, 6) is 0. The maximum Gasteiger partial charge on any atom is 0.0998 e. The Hall–Kier alpha value is -3.96. The zero-order chi connectivity index (χ0) is 27.8. The molecule has 0 saturated heterocycles. The monoisotopic (exact) mass is 526 g/mol. The Morgan fingerprint density at radius 3 is 1.60 bits per heavy atom.